The van der Waals surface area contributed by atoms with E-state index in [1.165, 1.54) is 19.2 Å². The maximum atomic E-state index is 13.6. The van der Waals surface area contributed by atoms with Crippen molar-refractivity contribution < 1.29 is 22.4 Å². The fourth-order valence-electron chi connectivity index (χ4n) is 1.84. The highest BCUT2D eigenvalue weighted by atomic mass is 79.9. The first-order valence-electron chi connectivity index (χ1n) is 5.98. The fraction of sp³-hybridized carbons (Fsp3) is 0.231. The average Bonchev–Trinajstić information content (AvgIpc) is 2.69. The van der Waals surface area contributed by atoms with Crippen LogP contribution in [0.25, 0.3) is 0 Å². The number of anilines is 1. The number of rotatable bonds is 2. The second-order valence-electron chi connectivity index (χ2n) is 4.57. The molecule has 0 spiro atoms. The third-order valence-corrected chi connectivity index (χ3v) is 3.59. The molecule has 1 aromatic carbocycles. The summed E-state index contributed by atoms with van der Waals surface area (Å²) >= 11 is 2.73. The molecule has 0 saturated heterocycles. The number of hydrogen-bond donors (Lipinski definition) is 1. The normalized spacial score (nSPS) is 11.6. The number of aryl methyl sites for hydroxylation is 2. The van der Waals surface area contributed by atoms with Crippen molar-refractivity contribution in [3.05, 3.63) is 45.4 Å². The number of aromatic nitrogens is 2. The largest absolute Gasteiger partial charge is 0.436 e. The third-order valence-electron chi connectivity index (χ3n) is 2.84. The van der Waals surface area contributed by atoms with Crippen LogP contribution in [-0.4, -0.2) is 15.7 Å². The number of amides is 1. The molecule has 1 aromatic heterocycles. The summed E-state index contributed by atoms with van der Waals surface area (Å²) in [6.45, 7) is 1.69. The minimum atomic E-state index is -4.70. The summed E-state index contributed by atoms with van der Waals surface area (Å²) in [7, 11) is 1.20. The Morgan fingerprint density at radius 1 is 1.36 bits per heavy atom. The van der Waals surface area contributed by atoms with Gasteiger partial charge in [0.15, 0.2) is 5.69 Å². The Labute approximate surface area is 131 Å². The number of halogens is 5. The van der Waals surface area contributed by atoms with Crippen molar-refractivity contribution >= 4 is 27.5 Å². The number of benzene rings is 1. The van der Waals surface area contributed by atoms with E-state index < -0.39 is 28.1 Å². The Hall–Kier alpha value is -1.90. The van der Waals surface area contributed by atoms with Crippen molar-refractivity contribution in [3.8, 4) is 0 Å². The molecule has 22 heavy (non-hydrogen) atoms. The van der Waals surface area contributed by atoms with Gasteiger partial charge in [-0.1, -0.05) is 6.07 Å². The average molecular weight is 380 g/mol. The van der Waals surface area contributed by atoms with Crippen LogP contribution in [0.1, 0.15) is 21.7 Å². The van der Waals surface area contributed by atoms with Crippen molar-refractivity contribution in [3.63, 3.8) is 0 Å². The first-order valence-corrected chi connectivity index (χ1v) is 6.77. The molecule has 0 aliphatic heterocycles. The number of nitrogens with one attached hydrogen (secondary N) is 1. The summed E-state index contributed by atoms with van der Waals surface area (Å²) in [5.74, 6) is -1.59. The molecule has 0 radical (unpaired) electrons. The van der Waals surface area contributed by atoms with Gasteiger partial charge in [-0.25, -0.2) is 4.39 Å². The molecule has 1 N–H and O–H groups in total. The molecule has 0 aliphatic carbocycles. The lowest BCUT2D eigenvalue weighted by molar-refractivity contribution is -0.142. The molecule has 1 heterocycles. The predicted molar refractivity (Wildman–Crippen MR) is 75.0 cm³/mol. The maximum absolute atomic E-state index is 13.6. The molecule has 0 atom stereocenters. The van der Waals surface area contributed by atoms with Gasteiger partial charge >= 0.3 is 6.18 Å². The molecule has 4 nitrogen and oxygen atoms in total. The highest BCUT2D eigenvalue weighted by molar-refractivity contribution is 9.10. The molecule has 9 heteroatoms. The lowest BCUT2D eigenvalue weighted by Gasteiger charge is -2.08. The van der Waals surface area contributed by atoms with Crippen LogP contribution in [0.5, 0.6) is 0 Å². The van der Waals surface area contributed by atoms with Crippen LogP contribution in [0.4, 0.5) is 23.2 Å². The van der Waals surface area contributed by atoms with Gasteiger partial charge in [0.25, 0.3) is 5.91 Å². The highest BCUT2D eigenvalue weighted by Gasteiger charge is 2.39. The monoisotopic (exact) mass is 379 g/mol. The van der Waals surface area contributed by atoms with Gasteiger partial charge in [-0.3, -0.25) is 9.48 Å². The summed E-state index contributed by atoms with van der Waals surface area (Å²) in [6, 6.07) is 4.04. The molecule has 2 rings (SSSR count). The van der Waals surface area contributed by atoms with E-state index in [0.29, 0.717) is 5.56 Å². The second-order valence-corrected chi connectivity index (χ2v) is 5.36. The Balaban J connectivity index is 2.39. The highest BCUT2D eigenvalue weighted by Crippen LogP contribution is 2.35. The molecule has 0 fully saturated rings. The predicted octanol–water partition coefficient (Wildman–Crippen LogP) is 3.90. The zero-order valence-corrected chi connectivity index (χ0v) is 13.0. The standard InChI is InChI=1S/C13H10BrF4N3O/c1-6-3-4-7(15)8(5-6)19-12(22)10-9(14)11(13(16,17)18)20-21(10)2/h3-5H,1-2H3,(H,19,22). The van der Waals surface area contributed by atoms with E-state index in [1.54, 1.807) is 6.92 Å². The van der Waals surface area contributed by atoms with Crippen LogP contribution in [-0.2, 0) is 13.2 Å². The molecular formula is C13H10BrF4N3O. The Kier molecular flexibility index (Phi) is 4.28. The number of carbonyl (C=O) groups is 1. The minimum Gasteiger partial charge on any atom is -0.318 e. The molecule has 0 unspecified atom stereocenters. The topological polar surface area (TPSA) is 46.9 Å². The van der Waals surface area contributed by atoms with Crippen LogP contribution in [0.3, 0.4) is 0 Å². The van der Waals surface area contributed by atoms with Crippen LogP contribution >= 0.6 is 15.9 Å². The Morgan fingerprint density at radius 2 is 2.00 bits per heavy atom. The molecule has 1 amide bonds. The fourth-order valence-corrected chi connectivity index (χ4v) is 2.58. The molecule has 0 bridgehead atoms. The Morgan fingerprint density at radius 3 is 2.55 bits per heavy atom. The minimum absolute atomic E-state index is 0.119. The van der Waals surface area contributed by atoms with E-state index in [2.05, 4.69) is 26.3 Å². The van der Waals surface area contributed by atoms with Gasteiger partial charge in [0.1, 0.15) is 11.5 Å². The van der Waals surface area contributed by atoms with E-state index >= 15 is 0 Å². The number of hydrogen-bond acceptors (Lipinski definition) is 2. The number of nitrogens with zero attached hydrogens (tertiary/aromatic N) is 2. The van der Waals surface area contributed by atoms with Gasteiger partial charge in [-0.15, -0.1) is 0 Å². The molecule has 0 aliphatic rings. The van der Waals surface area contributed by atoms with Gasteiger partial charge in [0.05, 0.1) is 10.2 Å². The van der Waals surface area contributed by atoms with Crippen LogP contribution in [0.2, 0.25) is 0 Å². The molecular weight excluding hydrogens is 370 g/mol. The maximum Gasteiger partial charge on any atom is 0.436 e. The third kappa shape index (κ3) is 3.13. The van der Waals surface area contributed by atoms with E-state index in [0.717, 1.165) is 10.7 Å². The number of alkyl halides is 3. The molecule has 118 valence electrons. The van der Waals surface area contributed by atoms with Gasteiger partial charge in [-0.2, -0.15) is 18.3 Å². The van der Waals surface area contributed by atoms with Crippen LogP contribution in [0, 0.1) is 12.7 Å². The van der Waals surface area contributed by atoms with E-state index in [1.807, 2.05) is 0 Å². The van der Waals surface area contributed by atoms with E-state index in [4.69, 9.17) is 0 Å². The first kappa shape index (κ1) is 16.5. The van der Waals surface area contributed by atoms with Crippen LogP contribution < -0.4 is 5.32 Å². The van der Waals surface area contributed by atoms with Gasteiger partial charge in [0.2, 0.25) is 0 Å². The zero-order valence-electron chi connectivity index (χ0n) is 11.4. The van der Waals surface area contributed by atoms with E-state index in [9.17, 15) is 22.4 Å². The molecule has 2 aromatic rings. The lowest BCUT2D eigenvalue weighted by atomic mass is 10.2. The Bertz CT molecular complexity index is 740. The van der Waals surface area contributed by atoms with Gasteiger partial charge in [-0.05, 0) is 40.5 Å². The van der Waals surface area contributed by atoms with Gasteiger partial charge in [0, 0.05) is 7.05 Å². The van der Waals surface area contributed by atoms with Crippen molar-refractivity contribution in [2.45, 2.75) is 13.1 Å². The number of carbonyl (C=O) groups excluding carboxylic acids is 1. The van der Waals surface area contributed by atoms with Crippen molar-refractivity contribution in [1.29, 1.82) is 0 Å². The first-order chi connectivity index (χ1) is 10.1. The quantitative estimate of drug-likeness (QED) is 0.804. The SMILES string of the molecule is Cc1ccc(F)c(NC(=O)c2c(Br)c(C(F)(F)F)nn2C)c1. The summed E-state index contributed by atoms with van der Waals surface area (Å²) in [6.07, 6.45) is -4.70. The van der Waals surface area contributed by atoms with Crippen LogP contribution in [0.15, 0.2) is 22.7 Å². The smallest absolute Gasteiger partial charge is 0.318 e. The summed E-state index contributed by atoms with van der Waals surface area (Å²) in [5.41, 5.74) is -0.999. The summed E-state index contributed by atoms with van der Waals surface area (Å²) in [5, 5.41) is 5.52. The van der Waals surface area contributed by atoms with Crippen molar-refractivity contribution in [1.82, 2.24) is 9.78 Å². The second kappa shape index (κ2) is 5.71. The summed E-state index contributed by atoms with van der Waals surface area (Å²) < 4.78 is 52.2. The lowest BCUT2D eigenvalue weighted by Crippen LogP contribution is -2.17. The van der Waals surface area contributed by atoms with Gasteiger partial charge < -0.3 is 5.32 Å². The zero-order chi connectivity index (χ0) is 16.7. The van der Waals surface area contributed by atoms with E-state index in [-0.39, 0.29) is 11.4 Å². The summed E-state index contributed by atoms with van der Waals surface area (Å²) in [4.78, 5) is 12.1. The van der Waals surface area contributed by atoms with Crippen molar-refractivity contribution in [2.24, 2.45) is 7.05 Å². The molecule has 0 saturated carbocycles. The van der Waals surface area contributed by atoms with Crippen molar-refractivity contribution in [2.75, 3.05) is 5.32 Å².